The zero-order chi connectivity index (χ0) is 33.3. The molecule has 2 rings (SSSR count). The number of aliphatic hydroxyl groups excluding tert-OH is 1. The van der Waals surface area contributed by atoms with Crippen LogP contribution in [0.3, 0.4) is 0 Å². The van der Waals surface area contributed by atoms with Gasteiger partial charge in [-0.2, -0.15) is 0 Å². The van der Waals surface area contributed by atoms with Gasteiger partial charge < -0.3 is 53.1 Å². The summed E-state index contributed by atoms with van der Waals surface area (Å²) < 4.78 is 49.1. The molecule has 0 radical (unpaired) electrons. The molecule has 18 heteroatoms. The Hall–Kier alpha value is -3.87. The highest BCUT2D eigenvalue weighted by Gasteiger charge is 2.56. The standard InChI is InChI=1S/C26H37NO17/c1-10(28)27-19-22(20(38-13(4)31)17(42-25(19)35)8-36-11(2)29)44-26-24(41-16(7)34)23(40-15(6)33)21(39-14(5)32)18(43-26)9-37-12(3)30/h17-26,35H,8-9H2,1-7H3,(H,27,28)/t17-,18-,19-,20-,21+,22-,23+,24-,25+,26+/m1/s1. The van der Waals surface area contributed by atoms with Crippen LogP contribution in [0, 0.1) is 0 Å². The van der Waals surface area contributed by atoms with Gasteiger partial charge in [-0.15, -0.1) is 0 Å². The Morgan fingerprint density at radius 2 is 0.977 bits per heavy atom. The number of rotatable bonds is 11. The maximum Gasteiger partial charge on any atom is 0.303 e. The number of amides is 1. The van der Waals surface area contributed by atoms with Crippen molar-refractivity contribution < 1.29 is 81.3 Å². The molecule has 44 heavy (non-hydrogen) atoms. The summed E-state index contributed by atoms with van der Waals surface area (Å²) in [5, 5.41) is 13.2. The predicted molar refractivity (Wildman–Crippen MR) is 138 cm³/mol. The zero-order valence-electron chi connectivity index (χ0n) is 25.2. The van der Waals surface area contributed by atoms with Crippen LogP contribution in [0.4, 0.5) is 0 Å². The van der Waals surface area contributed by atoms with Crippen molar-refractivity contribution in [2.24, 2.45) is 0 Å². The molecule has 18 nitrogen and oxygen atoms in total. The van der Waals surface area contributed by atoms with Gasteiger partial charge in [-0.25, -0.2) is 0 Å². The zero-order valence-corrected chi connectivity index (χ0v) is 25.2. The van der Waals surface area contributed by atoms with E-state index in [0.717, 1.165) is 48.5 Å². The molecule has 2 aliphatic rings. The minimum absolute atomic E-state index is 0.532. The summed E-state index contributed by atoms with van der Waals surface area (Å²) in [6, 6.07) is -1.47. The number of carbonyl (C=O) groups excluding carboxylic acids is 7. The minimum atomic E-state index is -1.83. The van der Waals surface area contributed by atoms with Gasteiger partial charge in [0, 0.05) is 48.5 Å². The number of hydrogen-bond acceptors (Lipinski definition) is 17. The second-order valence-electron chi connectivity index (χ2n) is 9.84. The van der Waals surface area contributed by atoms with Crippen molar-refractivity contribution in [3.05, 3.63) is 0 Å². The Morgan fingerprint density at radius 3 is 1.41 bits per heavy atom. The van der Waals surface area contributed by atoms with E-state index in [-0.39, 0.29) is 0 Å². The second-order valence-corrected chi connectivity index (χ2v) is 9.84. The summed E-state index contributed by atoms with van der Waals surface area (Å²) in [6.45, 7) is 6.36. The van der Waals surface area contributed by atoms with Gasteiger partial charge in [-0.3, -0.25) is 33.6 Å². The molecule has 248 valence electrons. The maximum atomic E-state index is 12.2. The minimum Gasteiger partial charge on any atom is -0.463 e. The van der Waals surface area contributed by atoms with Gasteiger partial charge in [0.25, 0.3) is 0 Å². The third-order valence-electron chi connectivity index (χ3n) is 6.03. The first-order valence-electron chi connectivity index (χ1n) is 13.4. The number of hydrogen-bond donors (Lipinski definition) is 2. The van der Waals surface area contributed by atoms with Crippen LogP contribution in [0.2, 0.25) is 0 Å². The highest BCUT2D eigenvalue weighted by atomic mass is 16.8. The molecule has 0 saturated carbocycles. The first-order chi connectivity index (χ1) is 20.5. The number of nitrogens with one attached hydrogen (secondary N) is 1. The van der Waals surface area contributed by atoms with Crippen LogP contribution < -0.4 is 5.32 Å². The van der Waals surface area contributed by atoms with Gasteiger partial charge in [0.1, 0.15) is 37.6 Å². The SMILES string of the molecule is CC(=O)N[C@@H]1[C@@H](O[C@@H]2O[C@H](COC(C)=O)[C@H](OC(C)=O)[C@H](OC(C)=O)[C@H]2OC(C)=O)[C@H](OC(C)=O)[C@@H](COC(C)=O)O[C@@H]1O. The third-order valence-corrected chi connectivity index (χ3v) is 6.03. The van der Waals surface area contributed by atoms with E-state index in [1.807, 2.05) is 0 Å². The second kappa shape index (κ2) is 16.3. The Kier molecular flexibility index (Phi) is 13.4. The molecule has 1 amide bonds. The Balaban J connectivity index is 2.66. The summed E-state index contributed by atoms with van der Waals surface area (Å²) in [5.74, 6) is -5.68. The molecular formula is C26H37NO17. The molecule has 2 heterocycles. The molecule has 0 bridgehead atoms. The van der Waals surface area contributed by atoms with E-state index >= 15 is 0 Å². The van der Waals surface area contributed by atoms with E-state index in [9.17, 15) is 38.7 Å². The molecule has 0 aromatic heterocycles. The van der Waals surface area contributed by atoms with Gasteiger partial charge in [0.15, 0.2) is 37.0 Å². The number of carbonyl (C=O) groups is 7. The van der Waals surface area contributed by atoms with E-state index in [0.29, 0.717) is 0 Å². The highest BCUT2D eigenvalue weighted by molar-refractivity contribution is 5.73. The number of ether oxygens (including phenoxy) is 9. The Bertz CT molecular complexity index is 1090. The van der Waals surface area contributed by atoms with Crippen molar-refractivity contribution in [1.29, 1.82) is 0 Å². The van der Waals surface area contributed by atoms with Crippen LogP contribution in [0.1, 0.15) is 48.5 Å². The predicted octanol–water partition coefficient (Wildman–Crippen LogP) is -1.83. The lowest BCUT2D eigenvalue weighted by Gasteiger charge is -2.48. The lowest BCUT2D eigenvalue weighted by atomic mass is 9.94. The summed E-state index contributed by atoms with van der Waals surface area (Å²) in [6.07, 6.45) is -14.2. The van der Waals surface area contributed by atoms with Gasteiger partial charge >= 0.3 is 35.8 Å². The summed E-state index contributed by atoms with van der Waals surface area (Å²) in [5.41, 5.74) is 0. The van der Waals surface area contributed by atoms with Crippen molar-refractivity contribution >= 4 is 41.7 Å². The van der Waals surface area contributed by atoms with Crippen LogP contribution in [0.15, 0.2) is 0 Å². The lowest BCUT2D eigenvalue weighted by Crippen LogP contribution is -2.69. The monoisotopic (exact) mass is 635 g/mol. The Labute approximate surface area is 251 Å². The molecule has 0 aromatic carbocycles. The largest absolute Gasteiger partial charge is 0.463 e. The molecule has 0 aliphatic carbocycles. The fraction of sp³-hybridized carbons (Fsp3) is 0.731. The van der Waals surface area contributed by atoms with E-state index in [4.69, 9.17) is 42.6 Å². The normalized spacial score (nSPS) is 31.5. The van der Waals surface area contributed by atoms with Gasteiger partial charge in [-0.05, 0) is 0 Å². The van der Waals surface area contributed by atoms with Crippen molar-refractivity contribution in [2.45, 2.75) is 110 Å². The van der Waals surface area contributed by atoms with Gasteiger partial charge in [-0.1, -0.05) is 0 Å². The number of aliphatic hydroxyl groups is 1. The van der Waals surface area contributed by atoms with E-state index in [2.05, 4.69) is 5.32 Å². The van der Waals surface area contributed by atoms with Crippen molar-refractivity contribution in [3.63, 3.8) is 0 Å². The average molecular weight is 636 g/mol. The summed E-state index contributed by atoms with van der Waals surface area (Å²) in [7, 11) is 0. The summed E-state index contributed by atoms with van der Waals surface area (Å²) >= 11 is 0. The maximum absolute atomic E-state index is 12.2. The molecular weight excluding hydrogens is 598 g/mol. The van der Waals surface area contributed by atoms with E-state index in [1.54, 1.807) is 0 Å². The smallest absolute Gasteiger partial charge is 0.303 e. The lowest BCUT2D eigenvalue weighted by molar-refractivity contribution is -0.344. The summed E-state index contributed by atoms with van der Waals surface area (Å²) in [4.78, 5) is 83.7. The molecule has 2 N–H and O–H groups in total. The molecule has 2 saturated heterocycles. The van der Waals surface area contributed by atoms with Crippen molar-refractivity contribution in [2.75, 3.05) is 13.2 Å². The van der Waals surface area contributed by atoms with E-state index in [1.165, 1.54) is 0 Å². The van der Waals surface area contributed by atoms with Crippen molar-refractivity contribution in [3.8, 4) is 0 Å². The Morgan fingerprint density at radius 1 is 0.568 bits per heavy atom. The molecule has 2 fully saturated rings. The topological polar surface area (TPSA) is 235 Å². The van der Waals surface area contributed by atoms with Crippen LogP contribution in [-0.2, 0) is 76.2 Å². The van der Waals surface area contributed by atoms with E-state index < -0.39 is 116 Å². The molecule has 0 aromatic rings. The fourth-order valence-electron chi connectivity index (χ4n) is 4.59. The van der Waals surface area contributed by atoms with Crippen LogP contribution in [0.5, 0.6) is 0 Å². The van der Waals surface area contributed by atoms with Crippen LogP contribution in [0.25, 0.3) is 0 Å². The first kappa shape index (κ1) is 36.3. The quantitative estimate of drug-likeness (QED) is 0.188. The molecule has 0 spiro atoms. The van der Waals surface area contributed by atoms with Crippen LogP contribution in [-0.4, -0.2) is 121 Å². The van der Waals surface area contributed by atoms with Crippen molar-refractivity contribution in [1.82, 2.24) is 5.32 Å². The number of esters is 6. The van der Waals surface area contributed by atoms with Gasteiger partial charge in [0.2, 0.25) is 5.91 Å². The van der Waals surface area contributed by atoms with Gasteiger partial charge in [0.05, 0.1) is 0 Å². The van der Waals surface area contributed by atoms with Crippen LogP contribution >= 0.6 is 0 Å². The third kappa shape index (κ3) is 10.7. The average Bonchev–Trinajstić information content (AvgIpc) is 2.87. The fourth-order valence-corrected chi connectivity index (χ4v) is 4.59. The molecule has 10 atom stereocenters. The molecule has 0 unspecified atom stereocenters. The molecule has 2 aliphatic heterocycles. The highest BCUT2D eigenvalue weighted by Crippen LogP contribution is 2.34. The first-order valence-corrected chi connectivity index (χ1v) is 13.4.